The van der Waals surface area contributed by atoms with E-state index >= 15 is 0 Å². The highest BCUT2D eigenvalue weighted by Gasteiger charge is 2.22. The Morgan fingerprint density at radius 1 is 1.35 bits per heavy atom. The molecule has 1 aromatic carbocycles. The van der Waals surface area contributed by atoms with Crippen LogP contribution in [0, 0.1) is 5.82 Å². The number of nitrogens with one attached hydrogen (secondary N) is 1. The molecule has 2 aromatic rings. The Morgan fingerprint density at radius 2 is 2.18 bits per heavy atom. The molecule has 2 heterocycles. The van der Waals surface area contributed by atoms with Crippen LogP contribution in [0.3, 0.4) is 0 Å². The van der Waals surface area contributed by atoms with E-state index in [4.69, 9.17) is 0 Å². The Bertz CT molecular complexity index is 557. The van der Waals surface area contributed by atoms with Crippen molar-refractivity contribution in [1.82, 2.24) is 9.88 Å². The maximum absolute atomic E-state index is 13.3. The first-order valence-electron chi connectivity index (χ1n) is 6.18. The Kier molecular flexibility index (Phi) is 2.44. The number of benzene rings is 1. The van der Waals surface area contributed by atoms with E-state index in [0.29, 0.717) is 6.04 Å². The molecular weight excluding hydrogens is 215 g/mol. The zero-order valence-electron chi connectivity index (χ0n) is 10.3. The lowest BCUT2D eigenvalue weighted by atomic mass is 10.0. The van der Waals surface area contributed by atoms with Crippen LogP contribution >= 0.6 is 0 Å². The fraction of sp³-hybridized carbons (Fsp3) is 0.429. The Balaban J connectivity index is 2.10. The topological polar surface area (TPSA) is 19.0 Å². The van der Waals surface area contributed by atoms with Gasteiger partial charge in [-0.3, -0.25) is 4.90 Å². The molecule has 1 N–H and O–H groups in total. The Hall–Kier alpha value is -1.35. The Morgan fingerprint density at radius 3 is 2.94 bits per heavy atom. The van der Waals surface area contributed by atoms with E-state index in [0.717, 1.165) is 30.4 Å². The second-order valence-corrected chi connectivity index (χ2v) is 5.09. The lowest BCUT2D eigenvalue weighted by molar-refractivity contribution is 0.203. The number of halogens is 1. The van der Waals surface area contributed by atoms with E-state index < -0.39 is 0 Å². The average Bonchev–Trinajstić information content (AvgIpc) is 2.66. The lowest BCUT2D eigenvalue weighted by Crippen LogP contribution is -2.35. The first kappa shape index (κ1) is 10.8. The fourth-order valence-corrected chi connectivity index (χ4v) is 2.65. The van der Waals surface area contributed by atoms with E-state index in [-0.39, 0.29) is 5.82 Å². The molecule has 0 unspecified atom stereocenters. The summed E-state index contributed by atoms with van der Waals surface area (Å²) in [6.45, 7) is 6.43. The summed E-state index contributed by atoms with van der Waals surface area (Å²) in [6, 6.07) is 5.54. The monoisotopic (exact) mass is 232 g/mol. The van der Waals surface area contributed by atoms with Crippen LogP contribution in [0.4, 0.5) is 4.39 Å². The van der Waals surface area contributed by atoms with Crippen LogP contribution < -0.4 is 0 Å². The van der Waals surface area contributed by atoms with Crippen molar-refractivity contribution in [3.8, 4) is 0 Å². The number of hydrogen-bond donors (Lipinski definition) is 1. The van der Waals surface area contributed by atoms with Crippen LogP contribution in [0.2, 0.25) is 0 Å². The molecule has 1 aliphatic rings. The van der Waals surface area contributed by atoms with Crippen molar-refractivity contribution in [1.29, 1.82) is 0 Å². The van der Waals surface area contributed by atoms with Crippen LogP contribution in [0.1, 0.15) is 25.1 Å². The van der Waals surface area contributed by atoms with Gasteiger partial charge in [0.05, 0.1) is 0 Å². The zero-order valence-corrected chi connectivity index (χ0v) is 10.3. The first-order chi connectivity index (χ1) is 8.15. The lowest BCUT2D eigenvalue weighted by Gasteiger charge is -2.30. The van der Waals surface area contributed by atoms with Crippen molar-refractivity contribution >= 4 is 10.9 Å². The van der Waals surface area contributed by atoms with Crippen LogP contribution in [-0.2, 0) is 13.0 Å². The van der Waals surface area contributed by atoms with Gasteiger partial charge in [0, 0.05) is 42.1 Å². The molecule has 1 aromatic heterocycles. The minimum absolute atomic E-state index is 0.152. The summed E-state index contributed by atoms with van der Waals surface area (Å²) in [5.41, 5.74) is 3.61. The number of aromatic amines is 1. The predicted molar refractivity (Wildman–Crippen MR) is 67.5 cm³/mol. The molecule has 0 amide bonds. The minimum Gasteiger partial charge on any atom is -0.358 e. The third-order valence-electron chi connectivity index (χ3n) is 3.70. The van der Waals surface area contributed by atoms with E-state index in [2.05, 4.69) is 23.7 Å². The van der Waals surface area contributed by atoms with Gasteiger partial charge in [-0.05, 0) is 37.6 Å². The highest BCUT2D eigenvalue weighted by molar-refractivity contribution is 5.84. The molecule has 0 radical (unpaired) electrons. The van der Waals surface area contributed by atoms with E-state index in [1.807, 2.05) is 6.07 Å². The average molecular weight is 232 g/mol. The van der Waals surface area contributed by atoms with Gasteiger partial charge in [-0.2, -0.15) is 0 Å². The van der Waals surface area contributed by atoms with Gasteiger partial charge in [0.15, 0.2) is 0 Å². The second kappa shape index (κ2) is 3.84. The number of aromatic nitrogens is 1. The number of hydrogen-bond acceptors (Lipinski definition) is 1. The van der Waals surface area contributed by atoms with Gasteiger partial charge < -0.3 is 4.98 Å². The molecule has 0 fully saturated rings. The standard InChI is InChI=1S/C14H17FN2/c1-9(2)17-6-5-14-12(8-17)11-7-10(15)3-4-13(11)16-14/h3-4,7,9,16H,5-6,8H2,1-2H3. The van der Waals surface area contributed by atoms with Crippen molar-refractivity contribution < 1.29 is 4.39 Å². The molecule has 90 valence electrons. The van der Waals surface area contributed by atoms with Crippen molar-refractivity contribution in [2.45, 2.75) is 32.9 Å². The van der Waals surface area contributed by atoms with Gasteiger partial charge in [-0.1, -0.05) is 0 Å². The van der Waals surface area contributed by atoms with Gasteiger partial charge in [0.2, 0.25) is 0 Å². The number of nitrogens with zero attached hydrogens (tertiary/aromatic N) is 1. The maximum Gasteiger partial charge on any atom is 0.123 e. The summed E-state index contributed by atoms with van der Waals surface area (Å²) >= 11 is 0. The van der Waals surface area contributed by atoms with Crippen molar-refractivity contribution in [2.75, 3.05) is 6.54 Å². The van der Waals surface area contributed by atoms with Gasteiger partial charge in [0.1, 0.15) is 5.82 Å². The summed E-state index contributed by atoms with van der Waals surface area (Å²) in [5, 5.41) is 1.05. The molecule has 1 aliphatic heterocycles. The summed E-state index contributed by atoms with van der Waals surface area (Å²) < 4.78 is 13.3. The molecule has 17 heavy (non-hydrogen) atoms. The molecule has 0 atom stereocenters. The third kappa shape index (κ3) is 1.75. The molecule has 3 rings (SSSR count). The van der Waals surface area contributed by atoms with Gasteiger partial charge >= 0.3 is 0 Å². The van der Waals surface area contributed by atoms with Crippen LogP contribution in [0.5, 0.6) is 0 Å². The molecule has 2 nitrogen and oxygen atoms in total. The number of rotatable bonds is 1. The molecule has 0 saturated heterocycles. The summed E-state index contributed by atoms with van der Waals surface area (Å²) in [6.07, 6.45) is 1.03. The highest BCUT2D eigenvalue weighted by atomic mass is 19.1. The van der Waals surface area contributed by atoms with Crippen molar-refractivity contribution in [3.63, 3.8) is 0 Å². The van der Waals surface area contributed by atoms with E-state index in [1.165, 1.54) is 17.3 Å². The zero-order chi connectivity index (χ0) is 12.0. The van der Waals surface area contributed by atoms with E-state index in [1.54, 1.807) is 6.07 Å². The normalized spacial score (nSPS) is 16.7. The quantitative estimate of drug-likeness (QED) is 0.800. The first-order valence-corrected chi connectivity index (χ1v) is 6.18. The fourth-order valence-electron chi connectivity index (χ4n) is 2.65. The largest absolute Gasteiger partial charge is 0.358 e. The van der Waals surface area contributed by atoms with E-state index in [9.17, 15) is 4.39 Å². The summed E-state index contributed by atoms with van der Waals surface area (Å²) in [4.78, 5) is 5.84. The van der Waals surface area contributed by atoms with Crippen molar-refractivity contribution in [3.05, 3.63) is 35.3 Å². The minimum atomic E-state index is -0.152. The molecule has 0 saturated carbocycles. The van der Waals surface area contributed by atoms with Gasteiger partial charge in [-0.15, -0.1) is 0 Å². The number of H-pyrrole nitrogens is 1. The second-order valence-electron chi connectivity index (χ2n) is 5.09. The van der Waals surface area contributed by atoms with Gasteiger partial charge in [0.25, 0.3) is 0 Å². The van der Waals surface area contributed by atoms with Crippen LogP contribution in [0.15, 0.2) is 18.2 Å². The maximum atomic E-state index is 13.3. The predicted octanol–water partition coefficient (Wildman–Crippen LogP) is 3.07. The van der Waals surface area contributed by atoms with Gasteiger partial charge in [-0.25, -0.2) is 4.39 Å². The molecule has 0 spiro atoms. The molecular formula is C14H17FN2. The SMILES string of the molecule is CC(C)N1CCc2[nH]c3ccc(F)cc3c2C1. The number of fused-ring (bicyclic) bond motifs is 3. The summed E-state index contributed by atoms with van der Waals surface area (Å²) in [7, 11) is 0. The summed E-state index contributed by atoms with van der Waals surface area (Å²) in [5.74, 6) is -0.152. The third-order valence-corrected chi connectivity index (χ3v) is 3.70. The van der Waals surface area contributed by atoms with Crippen molar-refractivity contribution in [2.24, 2.45) is 0 Å². The highest BCUT2D eigenvalue weighted by Crippen LogP contribution is 2.28. The van der Waals surface area contributed by atoms with Crippen LogP contribution in [-0.4, -0.2) is 22.5 Å². The molecule has 0 aliphatic carbocycles. The Labute approximate surface area is 100 Å². The smallest absolute Gasteiger partial charge is 0.123 e. The molecule has 0 bridgehead atoms. The van der Waals surface area contributed by atoms with Crippen LogP contribution in [0.25, 0.3) is 10.9 Å². The molecule has 3 heteroatoms.